The topological polar surface area (TPSA) is 168 Å². The number of hydrogen-bond donors (Lipinski definition) is 4. The van der Waals surface area contributed by atoms with E-state index in [1.165, 1.54) is 6.20 Å². The van der Waals surface area contributed by atoms with Crippen LogP contribution in [0.1, 0.15) is 29.3 Å². The molecule has 11 nitrogen and oxygen atoms in total. The Balaban J connectivity index is 1.56. The lowest BCUT2D eigenvalue weighted by molar-refractivity contribution is -0.120. The van der Waals surface area contributed by atoms with E-state index in [0.717, 1.165) is 5.56 Å². The van der Waals surface area contributed by atoms with E-state index in [1.807, 2.05) is 6.07 Å². The number of carbonyl (C=O) groups is 2. The Morgan fingerprint density at radius 3 is 2.94 bits per heavy atom. The summed E-state index contributed by atoms with van der Waals surface area (Å²) in [6.45, 7) is 1.78. The Kier molecular flexibility index (Phi) is 4.85. The van der Waals surface area contributed by atoms with Crippen molar-refractivity contribution in [2.45, 2.75) is 13.3 Å². The van der Waals surface area contributed by atoms with Gasteiger partial charge in [0.25, 0.3) is 5.91 Å². The zero-order chi connectivity index (χ0) is 22.9. The number of fused-ring (bicyclic) bond motifs is 2. The maximum absolute atomic E-state index is 11.7. The van der Waals surface area contributed by atoms with Gasteiger partial charge in [-0.3, -0.25) is 24.7 Å². The molecule has 11 heteroatoms. The number of carbonyl (C=O) groups excluding carboxylic acids is 2. The normalized spacial score (nSPS) is 13.1. The Morgan fingerprint density at radius 2 is 2.12 bits per heavy atom. The van der Waals surface area contributed by atoms with Crippen LogP contribution in [-0.2, 0) is 4.79 Å². The number of rotatable bonds is 5. The fourth-order valence-electron chi connectivity index (χ4n) is 3.35. The lowest BCUT2D eigenvalue weighted by atomic mass is 10.1. The number of primary amides is 1. The summed E-state index contributed by atoms with van der Waals surface area (Å²) < 4.78 is 0. The summed E-state index contributed by atoms with van der Waals surface area (Å²) in [5.41, 5.74) is 12.8. The third-order valence-corrected chi connectivity index (χ3v) is 5.02. The minimum absolute atomic E-state index is 0.107. The number of nitrogens with two attached hydrogens (primary N) is 1. The molecule has 33 heavy (non-hydrogen) atoms. The standard InChI is InChI=1S/C22H17N9O2/c1-2-17(32)27-13-4-3-11(6-24-8-13)12-5-14-19(30-31-21(14)26-7-12)22-28-16-10-25-9-15(20(23)33)18(16)29-22/h4-10H,2H2,1H3,(H2,23,33)(H,27,32)(H,28,29)(H,26,30,31). The van der Waals surface area contributed by atoms with Crippen molar-refractivity contribution in [1.29, 1.82) is 0 Å². The Bertz CT molecular complexity index is 1570. The maximum atomic E-state index is 11.7. The molecule has 5 rings (SSSR count). The molecule has 0 aromatic carbocycles. The number of H-pyrrole nitrogens is 2. The molecule has 0 bridgehead atoms. The Labute approximate surface area is 186 Å². The Hall–Kier alpha value is -4.89. The molecule has 2 amide bonds. The third-order valence-electron chi connectivity index (χ3n) is 5.02. The predicted octanol–water partition coefficient (Wildman–Crippen LogP) is 1.99. The summed E-state index contributed by atoms with van der Waals surface area (Å²) in [6, 6.07) is 1.89. The molecule has 4 aromatic heterocycles. The van der Waals surface area contributed by atoms with Gasteiger partial charge in [-0.15, -0.1) is 5.73 Å². The van der Waals surface area contributed by atoms with E-state index in [2.05, 4.69) is 46.2 Å². The molecule has 162 valence electrons. The van der Waals surface area contributed by atoms with Gasteiger partial charge in [-0.25, -0.2) is 9.97 Å². The first-order valence-corrected chi connectivity index (χ1v) is 10.0. The van der Waals surface area contributed by atoms with Crippen molar-refractivity contribution < 1.29 is 9.59 Å². The second-order valence-electron chi connectivity index (χ2n) is 7.19. The van der Waals surface area contributed by atoms with Crippen molar-refractivity contribution in [3.05, 3.63) is 59.5 Å². The average Bonchev–Trinajstić information content (AvgIpc) is 3.36. The number of nitrogens with one attached hydrogen (secondary N) is 3. The summed E-state index contributed by atoms with van der Waals surface area (Å²) in [6.07, 6.45) is 9.85. The van der Waals surface area contributed by atoms with Crippen LogP contribution in [0.3, 0.4) is 0 Å². The van der Waals surface area contributed by atoms with Gasteiger partial charge < -0.3 is 16.0 Å². The number of imidazole rings is 1. The maximum Gasteiger partial charge on any atom is 0.252 e. The van der Waals surface area contributed by atoms with E-state index in [1.54, 1.807) is 37.8 Å². The SMILES string of the molecule is CCC(=O)NC1=CN=CC(c2cnc3[nH]nc(-c4nc5c(C(N)=O)cncc5[nH]4)c3c2)=C=C1. The quantitative estimate of drug-likeness (QED) is 0.347. The number of aliphatic imine (C=N–C) groups is 1. The minimum atomic E-state index is -0.614. The molecule has 0 unspecified atom stereocenters. The van der Waals surface area contributed by atoms with Gasteiger partial charge in [0.2, 0.25) is 5.91 Å². The predicted molar refractivity (Wildman–Crippen MR) is 122 cm³/mol. The number of nitrogens with zero attached hydrogens (tertiary/aromatic N) is 5. The summed E-state index contributed by atoms with van der Waals surface area (Å²) in [7, 11) is 0. The molecule has 5 heterocycles. The number of allylic oxidation sites excluding steroid dienone is 1. The van der Waals surface area contributed by atoms with Crippen LogP contribution in [-0.4, -0.2) is 48.2 Å². The number of aromatic amines is 2. The zero-order valence-corrected chi connectivity index (χ0v) is 17.4. The van der Waals surface area contributed by atoms with Gasteiger partial charge in [-0.2, -0.15) is 5.10 Å². The Morgan fingerprint density at radius 1 is 1.24 bits per heavy atom. The number of pyridine rings is 2. The fourth-order valence-corrected chi connectivity index (χ4v) is 3.35. The molecule has 1 aliphatic heterocycles. The summed E-state index contributed by atoms with van der Waals surface area (Å²) >= 11 is 0. The van der Waals surface area contributed by atoms with Crippen LogP contribution < -0.4 is 11.1 Å². The summed E-state index contributed by atoms with van der Waals surface area (Å²) in [5.74, 6) is -0.281. The molecule has 4 aromatic rings. The highest BCUT2D eigenvalue weighted by Gasteiger charge is 2.17. The first-order chi connectivity index (χ1) is 16.0. The van der Waals surface area contributed by atoms with Crippen LogP contribution >= 0.6 is 0 Å². The van der Waals surface area contributed by atoms with Crippen molar-refractivity contribution in [3.8, 4) is 11.5 Å². The molecule has 0 spiro atoms. The van der Waals surface area contributed by atoms with Gasteiger partial charge >= 0.3 is 0 Å². The second-order valence-corrected chi connectivity index (χ2v) is 7.19. The van der Waals surface area contributed by atoms with Gasteiger partial charge in [0.05, 0.1) is 34.6 Å². The third kappa shape index (κ3) is 3.68. The van der Waals surface area contributed by atoms with Crippen molar-refractivity contribution in [2.75, 3.05) is 0 Å². The highest BCUT2D eigenvalue weighted by atomic mass is 16.1. The molecule has 0 saturated heterocycles. The molecular weight excluding hydrogens is 422 g/mol. The van der Waals surface area contributed by atoms with Crippen molar-refractivity contribution >= 4 is 45.7 Å². The van der Waals surface area contributed by atoms with E-state index < -0.39 is 5.91 Å². The molecule has 0 radical (unpaired) electrons. The van der Waals surface area contributed by atoms with Gasteiger partial charge in [-0.05, 0) is 6.07 Å². The fraction of sp³-hybridized carbons (Fsp3) is 0.0909. The first kappa shape index (κ1) is 20.0. The largest absolute Gasteiger partial charge is 0.365 e. The zero-order valence-electron chi connectivity index (χ0n) is 17.4. The molecule has 5 N–H and O–H groups in total. The first-order valence-electron chi connectivity index (χ1n) is 10.0. The van der Waals surface area contributed by atoms with Crippen molar-refractivity contribution in [1.82, 2.24) is 35.5 Å². The van der Waals surface area contributed by atoms with E-state index in [4.69, 9.17) is 5.73 Å². The lowest BCUT2D eigenvalue weighted by Gasteiger charge is -2.00. The lowest BCUT2D eigenvalue weighted by Crippen LogP contribution is -2.20. The van der Waals surface area contributed by atoms with E-state index in [9.17, 15) is 9.59 Å². The van der Waals surface area contributed by atoms with Crippen LogP contribution in [0, 0.1) is 0 Å². The second kappa shape index (κ2) is 7.98. The van der Waals surface area contributed by atoms with Crippen LogP contribution in [0.5, 0.6) is 0 Å². The molecule has 0 aliphatic carbocycles. The van der Waals surface area contributed by atoms with Crippen molar-refractivity contribution in [3.63, 3.8) is 0 Å². The highest BCUT2D eigenvalue weighted by Crippen LogP contribution is 2.28. The van der Waals surface area contributed by atoms with Gasteiger partial charge in [0, 0.05) is 42.2 Å². The number of amides is 2. The van der Waals surface area contributed by atoms with Gasteiger partial charge in [0.15, 0.2) is 11.5 Å². The molecular formula is C22H17N9O2. The molecule has 1 aliphatic rings. The minimum Gasteiger partial charge on any atom is -0.365 e. The molecule has 0 atom stereocenters. The average molecular weight is 439 g/mol. The molecule has 0 fully saturated rings. The number of hydrogen-bond acceptors (Lipinski definition) is 7. The van der Waals surface area contributed by atoms with Crippen LogP contribution in [0.4, 0.5) is 0 Å². The highest BCUT2D eigenvalue weighted by molar-refractivity contribution is 6.11. The van der Waals surface area contributed by atoms with Crippen molar-refractivity contribution in [2.24, 2.45) is 10.7 Å². The smallest absolute Gasteiger partial charge is 0.252 e. The van der Waals surface area contributed by atoms with Gasteiger partial charge in [0.1, 0.15) is 11.2 Å². The summed E-state index contributed by atoms with van der Waals surface area (Å²) in [5, 5.41) is 10.7. The van der Waals surface area contributed by atoms with E-state index in [0.29, 0.717) is 51.3 Å². The van der Waals surface area contributed by atoms with E-state index in [-0.39, 0.29) is 11.5 Å². The van der Waals surface area contributed by atoms with E-state index >= 15 is 0 Å². The van der Waals surface area contributed by atoms with Crippen LogP contribution in [0.25, 0.3) is 39.2 Å². The van der Waals surface area contributed by atoms with Gasteiger partial charge in [-0.1, -0.05) is 6.92 Å². The summed E-state index contributed by atoms with van der Waals surface area (Å²) in [4.78, 5) is 43.7. The van der Waals surface area contributed by atoms with Crippen LogP contribution in [0.15, 0.2) is 53.4 Å². The number of aromatic nitrogens is 6. The molecule has 0 saturated carbocycles. The van der Waals surface area contributed by atoms with Crippen LogP contribution in [0.2, 0.25) is 0 Å². The monoisotopic (exact) mass is 439 g/mol.